The van der Waals surface area contributed by atoms with E-state index in [9.17, 15) is 4.39 Å². The Bertz CT molecular complexity index is 575. The monoisotopic (exact) mass is 309 g/mol. The Hall–Kier alpha value is -1.78. The number of halogens is 2. The summed E-state index contributed by atoms with van der Waals surface area (Å²) in [7, 11) is 0. The van der Waals surface area contributed by atoms with Crippen molar-refractivity contribution >= 4 is 11.6 Å². The number of benzene rings is 2. The smallest absolute Gasteiger partial charge is 0.138 e. The van der Waals surface area contributed by atoms with Crippen molar-refractivity contribution in [3.8, 4) is 11.5 Å². The zero-order valence-corrected chi connectivity index (χ0v) is 12.3. The van der Waals surface area contributed by atoms with Gasteiger partial charge in [0.1, 0.15) is 17.3 Å². The number of ether oxygens (including phenoxy) is 2. The minimum absolute atomic E-state index is 0.272. The van der Waals surface area contributed by atoms with Gasteiger partial charge in [0, 0.05) is 13.0 Å². The maximum absolute atomic E-state index is 12.9. The van der Waals surface area contributed by atoms with Crippen LogP contribution in [0.2, 0.25) is 5.02 Å². The van der Waals surface area contributed by atoms with Gasteiger partial charge in [0.25, 0.3) is 0 Å². The van der Waals surface area contributed by atoms with Crippen LogP contribution >= 0.6 is 11.6 Å². The second-order valence-electron chi connectivity index (χ2n) is 4.47. The molecule has 2 aromatic rings. The summed E-state index contributed by atoms with van der Waals surface area (Å²) >= 11 is 5.86. The lowest BCUT2D eigenvalue weighted by Gasteiger charge is -2.09. The van der Waals surface area contributed by atoms with Crippen molar-refractivity contribution in [2.24, 2.45) is 5.73 Å². The highest BCUT2D eigenvalue weighted by Crippen LogP contribution is 2.24. The van der Waals surface area contributed by atoms with Crippen LogP contribution < -0.4 is 15.2 Å². The van der Waals surface area contributed by atoms with Crippen LogP contribution in [0.5, 0.6) is 11.5 Å². The van der Waals surface area contributed by atoms with Gasteiger partial charge in [-0.25, -0.2) is 4.39 Å². The summed E-state index contributed by atoms with van der Waals surface area (Å²) in [6, 6.07) is 11.7. The SMILES string of the molecule is NCc1ccc(OCCCOc2ccc(F)cc2Cl)cc1. The van der Waals surface area contributed by atoms with Crippen molar-refractivity contribution in [3.05, 3.63) is 58.9 Å². The Morgan fingerprint density at radius 3 is 2.38 bits per heavy atom. The zero-order valence-electron chi connectivity index (χ0n) is 11.5. The van der Waals surface area contributed by atoms with Crippen LogP contribution in [-0.2, 0) is 6.54 Å². The van der Waals surface area contributed by atoms with Gasteiger partial charge in [-0.2, -0.15) is 0 Å². The number of hydrogen-bond acceptors (Lipinski definition) is 3. The average molecular weight is 310 g/mol. The van der Waals surface area contributed by atoms with Gasteiger partial charge < -0.3 is 15.2 Å². The lowest BCUT2D eigenvalue weighted by atomic mass is 10.2. The molecule has 0 radical (unpaired) electrons. The molecule has 0 fully saturated rings. The third-order valence-corrected chi connectivity index (χ3v) is 3.16. The fourth-order valence-corrected chi connectivity index (χ4v) is 1.97. The molecule has 0 atom stereocenters. The lowest BCUT2D eigenvalue weighted by molar-refractivity contribution is 0.247. The van der Waals surface area contributed by atoms with Crippen molar-refractivity contribution in [3.63, 3.8) is 0 Å². The molecule has 0 aliphatic carbocycles. The summed E-state index contributed by atoms with van der Waals surface area (Å²) in [6.07, 6.45) is 0.701. The van der Waals surface area contributed by atoms with Crippen LogP contribution in [0.15, 0.2) is 42.5 Å². The first-order valence-corrected chi connectivity index (χ1v) is 7.06. The zero-order chi connectivity index (χ0) is 15.1. The van der Waals surface area contributed by atoms with Gasteiger partial charge in [0.15, 0.2) is 0 Å². The number of hydrogen-bond donors (Lipinski definition) is 1. The second-order valence-corrected chi connectivity index (χ2v) is 4.88. The Morgan fingerprint density at radius 1 is 1.00 bits per heavy atom. The molecule has 0 aliphatic heterocycles. The van der Waals surface area contributed by atoms with Gasteiger partial charge in [0.05, 0.1) is 18.2 Å². The van der Waals surface area contributed by atoms with Crippen LogP contribution in [0.1, 0.15) is 12.0 Å². The molecule has 21 heavy (non-hydrogen) atoms. The fraction of sp³-hybridized carbons (Fsp3) is 0.250. The normalized spacial score (nSPS) is 10.4. The van der Waals surface area contributed by atoms with Gasteiger partial charge in [-0.3, -0.25) is 0 Å². The van der Waals surface area contributed by atoms with Crippen molar-refractivity contribution in [2.45, 2.75) is 13.0 Å². The first-order valence-electron chi connectivity index (χ1n) is 6.68. The van der Waals surface area contributed by atoms with Crippen molar-refractivity contribution < 1.29 is 13.9 Å². The molecule has 2 N–H and O–H groups in total. The van der Waals surface area contributed by atoms with Crippen LogP contribution in [0.4, 0.5) is 4.39 Å². The Kier molecular flexibility index (Phi) is 5.84. The van der Waals surface area contributed by atoms with Gasteiger partial charge in [0.2, 0.25) is 0 Å². The predicted octanol–water partition coefficient (Wildman–Crippen LogP) is 3.79. The summed E-state index contributed by atoms with van der Waals surface area (Å²) < 4.78 is 23.9. The number of rotatable bonds is 7. The quantitative estimate of drug-likeness (QED) is 0.792. The van der Waals surface area contributed by atoms with E-state index < -0.39 is 0 Å². The molecule has 0 unspecified atom stereocenters. The Morgan fingerprint density at radius 2 is 1.71 bits per heavy atom. The summed E-state index contributed by atoms with van der Waals surface area (Å²) in [5.41, 5.74) is 6.59. The molecule has 2 aromatic carbocycles. The van der Waals surface area contributed by atoms with Gasteiger partial charge in [-0.15, -0.1) is 0 Å². The van der Waals surface area contributed by atoms with E-state index in [1.807, 2.05) is 24.3 Å². The van der Waals surface area contributed by atoms with E-state index in [0.717, 1.165) is 11.3 Å². The average Bonchev–Trinajstić information content (AvgIpc) is 2.49. The van der Waals surface area contributed by atoms with Gasteiger partial charge in [-0.05, 0) is 35.9 Å². The maximum atomic E-state index is 12.9. The van der Waals surface area contributed by atoms with Crippen molar-refractivity contribution in [1.29, 1.82) is 0 Å². The third kappa shape index (κ3) is 4.92. The number of nitrogens with two attached hydrogens (primary N) is 1. The van der Waals surface area contributed by atoms with Crippen molar-refractivity contribution in [1.82, 2.24) is 0 Å². The molecule has 0 saturated heterocycles. The standard InChI is InChI=1S/C16H17ClFNO2/c17-15-10-13(18)4-7-16(15)21-9-1-8-20-14-5-2-12(11-19)3-6-14/h2-7,10H,1,8-9,11,19H2. The molecule has 2 rings (SSSR count). The molecule has 0 aromatic heterocycles. The summed E-state index contributed by atoms with van der Waals surface area (Å²) in [5, 5.41) is 0.272. The predicted molar refractivity (Wildman–Crippen MR) is 81.4 cm³/mol. The van der Waals surface area contributed by atoms with E-state index in [1.165, 1.54) is 18.2 Å². The van der Waals surface area contributed by atoms with Crippen LogP contribution in [0, 0.1) is 5.82 Å². The summed E-state index contributed by atoms with van der Waals surface area (Å²) in [6.45, 7) is 1.50. The molecule has 0 amide bonds. The first kappa shape index (κ1) is 15.6. The minimum Gasteiger partial charge on any atom is -0.493 e. The molecule has 0 bridgehead atoms. The van der Waals surface area contributed by atoms with Gasteiger partial charge in [-0.1, -0.05) is 23.7 Å². The molecule has 5 heteroatoms. The van der Waals surface area contributed by atoms with E-state index in [4.69, 9.17) is 26.8 Å². The van der Waals surface area contributed by atoms with E-state index >= 15 is 0 Å². The molecule has 0 heterocycles. The van der Waals surface area contributed by atoms with E-state index in [1.54, 1.807) is 0 Å². The second kappa shape index (κ2) is 7.86. The highest BCUT2D eigenvalue weighted by atomic mass is 35.5. The fourth-order valence-electron chi connectivity index (χ4n) is 1.75. The highest BCUT2D eigenvalue weighted by Gasteiger charge is 2.03. The Labute approximate surface area is 128 Å². The summed E-state index contributed by atoms with van der Waals surface area (Å²) in [5.74, 6) is 0.897. The minimum atomic E-state index is -0.378. The molecular weight excluding hydrogens is 293 g/mol. The van der Waals surface area contributed by atoms with Crippen LogP contribution in [0.3, 0.4) is 0 Å². The Balaban J connectivity index is 1.69. The summed E-state index contributed by atoms with van der Waals surface area (Å²) in [4.78, 5) is 0. The largest absolute Gasteiger partial charge is 0.493 e. The van der Waals surface area contributed by atoms with E-state index in [0.29, 0.717) is 31.9 Å². The third-order valence-electron chi connectivity index (χ3n) is 2.87. The lowest BCUT2D eigenvalue weighted by Crippen LogP contribution is -2.05. The maximum Gasteiger partial charge on any atom is 0.138 e. The van der Waals surface area contributed by atoms with Crippen LogP contribution in [0.25, 0.3) is 0 Å². The molecule has 0 spiro atoms. The molecule has 3 nitrogen and oxygen atoms in total. The molecule has 0 saturated carbocycles. The van der Waals surface area contributed by atoms with E-state index in [2.05, 4.69) is 0 Å². The topological polar surface area (TPSA) is 44.5 Å². The van der Waals surface area contributed by atoms with Gasteiger partial charge >= 0.3 is 0 Å². The molecule has 112 valence electrons. The first-order chi connectivity index (χ1) is 10.2. The van der Waals surface area contributed by atoms with E-state index in [-0.39, 0.29) is 10.8 Å². The van der Waals surface area contributed by atoms with Crippen molar-refractivity contribution in [2.75, 3.05) is 13.2 Å². The molecule has 0 aliphatic rings. The molecular formula is C16H17ClFNO2. The highest BCUT2D eigenvalue weighted by molar-refractivity contribution is 6.32. The van der Waals surface area contributed by atoms with Crippen LogP contribution in [-0.4, -0.2) is 13.2 Å².